The Kier molecular flexibility index (Phi) is 4.47. The van der Waals surface area contributed by atoms with Gasteiger partial charge in [-0.1, -0.05) is 42.5 Å². The van der Waals surface area contributed by atoms with E-state index >= 15 is 0 Å². The lowest BCUT2D eigenvalue weighted by atomic mass is 10.1. The van der Waals surface area contributed by atoms with E-state index in [4.69, 9.17) is 10.1 Å². The van der Waals surface area contributed by atoms with Gasteiger partial charge < -0.3 is 10.4 Å². The van der Waals surface area contributed by atoms with Gasteiger partial charge in [0.2, 0.25) is 0 Å². The minimum absolute atomic E-state index is 0.0463. The Balaban J connectivity index is 1.51. The quantitative estimate of drug-likeness (QED) is 0.487. The molecule has 0 aliphatic heterocycles. The summed E-state index contributed by atoms with van der Waals surface area (Å²) in [7, 11) is 0. The van der Waals surface area contributed by atoms with Gasteiger partial charge >= 0.3 is 5.97 Å². The van der Waals surface area contributed by atoms with Gasteiger partial charge in [0.05, 0.1) is 5.69 Å². The third kappa shape index (κ3) is 3.49. The van der Waals surface area contributed by atoms with E-state index in [9.17, 15) is 4.79 Å². The molecule has 0 bridgehead atoms. The molecule has 4 rings (SSSR count). The molecule has 4 aromatic rings. The fraction of sp³-hybridized carbons (Fsp3) is 0. The van der Waals surface area contributed by atoms with Crippen LogP contribution in [0, 0.1) is 0 Å². The molecule has 2 aromatic carbocycles. The Hall–Kier alpha value is -3.03. The molecule has 0 aliphatic carbocycles. The first-order valence-electron chi connectivity index (χ1n) is 7.76. The Labute approximate surface area is 157 Å². The first-order chi connectivity index (χ1) is 12.7. The fourth-order valence-electron chi connectivity index (χ4n) is 2.40. The number of anilines is 2. The third-order valence-corrected chi connectivity index (χ3v) is 5.33. The van der Waals surface area contributed by atoms with Crippen LogP contribution in [0.15, 0.2) is 65.4 Å². The Morgan fingerprint density at radius 3 is 2.35 bits per heavy atom. The second kappa shape index (κ2) is 7.07. The minimum Gasteiger partial charge on any atom is -0.476 e. The molecule has 0 fully saturated rings. The van der Waals surface area contributed by atoms with Gasteiger partial charge in [-0.05, 0) is 12.1 Å². The van der Waals surface area contributed by atoms with Gasteiger partial charge in [-0.15, -0.1) is 22.7 Å². The number of thiazole rings is 2. The summed E-state index contributed by atoms with van der Waals surface area (Å²) >= 11 is 2.88. The average molecular weight is 379 g/mol. The highest BCUT2D eigenvalue weighted by Gasteiger charge is 2.09. The van der Waals surface area contributed by atoms with E-state index in [1.807, 2.05) is 47.8 Å². The van der Waals surface area contributed by atoms with Crippen LogP contribution in [0.25, 0.3) is 21.8 Å². The third-order valence-electron chi connectivity index (χ3n) is 3.68. The van der Waals surface area contributed by atoms with Gasteiger partial charge in [0.15, 0.2) is 10.8 Å². The van der Waals surface area contributed by atoms with Crippen molar-refractivity contribution >= 4 is 39.5 Å². The van der Waals surface area contributed by atoms with Crippen LogP contribution in [0.4, 0.5) is 10.8 Å². The zero-order valence-corrected chi connectivity index (χ0v) is 15.1. The van der Waals surface area contributed by atoms with E-state index in [0.29, 0.717) is 5.13 Å². The summed E-state index contributed by atoms with van der Waals surface area (Å²) in [4.78, 5) is 19.6. The van der Waals surface area contributed by atoms with Gasteiger partial charge in [-0.25, -0.2) is 14.8 Å². The lowest BCUT2D eigenvalue weighted by Crippen LogP contribution is -1.97. The summed E-state index contributed by atoms with van der Waals surface area (Å²) in [6, 6.07) is 17.9. The van der Waals surface area contributed by atoms with Crippen molar-refractivity contribution in [1.82, 2.24) is 9.97 Å². The molecule has 0 spiro atoms. The van der Waals surface area contributed by atoms with E-state index in [-0.39, 0.29) is 5.69 Å². The molecule has 0 aliphatic rings. The zero-order valence-electron chi connectivity index (χ0n) is 13.4. The lowest BCUT2D eigenvalue weighted by Gasteiger charge is -2.03. The van der Waals surface area contributed by atoms with Crippen molar-refractivity contribution in [1.29, 1.82) is 0 Å². The van der Waals surface area contributed by atoms with Crippen molar-refractivity contribution in [2.45, 2.75) is 0 Å². The first kappa shape index (κ1) is 16.4. The van der Waals surface area contributed by atoms with E-state index in [2.05, 4.69) is 22.4 Å². The Morgan fingerprint density at radius 1 is 0.885 bits per heavy atom. The predicted molar refractivity (Wildman–Crippen MR) is 105 cm³/mol. The number of aromatic carboxylic acids is 1. The van der Waals surface area contributed by atoms with Gasteiger partial charge in [0, 0.05) is 27.6 Å². The zero-order chi connectivity index (χ0) is 17.9. The minimum atomic E-state index is -1.03. The van der Waals surface area contributed by atoms with Crippen molar-refractivity contribution in [3.63, 3.8) is 0 Å². The highest BCUT2D eigenvalue weighted by atomic mass is 32.1. The van der Waals surface area contributed by atoms with Crippen molar-refractivity contribution in [2.75, 3.05) is 5.32 Å². The molecule has 2 N–H and O–H groups in total. The number of hydrogen-bond acceptors (Lipinski definition) is 6. The summed E-state index contributed by atoms with van der Waals surface area (Å²) in [5, 5.41) is 17.1. The molecule has 26 heavy (non-hydrogen) atoms. The molecule has 0 atom stereocenters. The van der Waals surface area contributed by atoms with Crippen LogP contribution in [0.2, 0.25) is 0 Å². The normalized spacial score (nSPS) is 10.6. The Bertz CT molecular complexity index is 1040. The fourth-order valence-corrected chi connectivity index (χ4v) is 3.94. The number of aromatic nitrogens is 2. The van der Waals surface area contributed by atoms with Gasteiger partial charge in [-0.2, -0.15) is 0 Å². The molecular formula is C19H13N3O2S2. The molecule has 2 aromatic heterocycles. The molecule has 0 radical (unpaired) electrons. The maximum Gasteiger partial charge on any atom is 0.355 e. The second-order valence-electron chi connectivity index (χ2n) is 5.45. The molecule has 0 saturated carbocycles. The van der Waals surface area contributed by atoms with Gasteiger partial charge in [-0.3, -0.25) is 0 Å². The summed E-state index contributed by atoms with van der Waals surface area (Å²) in [6.45, 7) is 0. The molecule has 0 saturated heterocycles. The SMILES string of the molecule is O=C(O)c1csc(Nc2ccc(-c3csc(-c4ccccc4)n3)cc2)n1. The second-order valence-corrected chi connectivity index (χ2v) is 7.17. The smallest absolute Gasteiger partial charge is 0.355 e. The van der Waals surface area contributed by atoms with E-state index in [1.165, 1.54) is 16.7 Å². The Morgan fingerprint density at radius 2 is 1.65 bits per heavy atom. The number of rotatable bonds is 5. The number of nitrogens with zero attached hydrogens (tertiary/aromatic N) is 2. The van der Waals surface area contributed by atoms with Crippen molar-refractivity contribution in [2.24, 2.45) is 0 Å². The monoisotopic (exact) mass is 379 g/mol. The number of nitrogens with one attached hydrogen (secondary N) is 1. The molecule has 2 heterocycles. The van der Waals surface area contributed by atoms with E-state index < -0.39 is 5.97 Å². The topological polar surface area (TPSA) is 75.1 Å². The van der Waals surface area contributed by atoms with E-state index in [0.717, 1.165) is 27.5 Å². The number of benzene rings is 2. The maximum atomic E-state index is 10.9. The van der Waals surface area contributed by atoms with Crippen LogP contribution in [0.3, 0.4) is 0 Å². The van der Waals surface area contributed by atoms with Crippen LogP contribution in [-0.4, -0.2) is 21.0 Å². The molecule has 128 valence electrons. The van der Waals surface area contributed by atoms with Crippen LogP contribution in [0.5, 0.6) is 0 Å². The van der Waals surface area contributed by atoms with Crippen LogP contribution < -0.4 is 5.32 Å². The molecule has 0 amide bonds. The average Bonchev–Trinajstić information content (AvgIpc) is 3.33. The summed E-state index contributed by atoms with van der Waals surface area (Å²) < 4.78 is 0. The predicted octanol–water partition coefficient (Wildman–Crippen LogP) is 5.38. The van der Waals surface area contributed by atoms with Gasteiger partial charge in [0.1, 0.15) is 5.01 Å². The van der Waals surface area contributed by atoms with Crippen LogP contribution >= 0.6 is 22.7 Å². The standard InChI is InChI=1S/C19H13N3O2S2/c23-18(24)16-11-26-19(22-16)20-14-8-6-12(7-9-14)15-10-25-17(21-15)13-4-2-1-3-5-13/h1-11H,(H,20,22)(H,23,24). The van der Waals surface area contributed by atoms with Crippen LogP contribution in [0.1, 0.15) is 10.5 Å². The molecule has 0 unspecified atom stereocenters. The van der Waals surface area contributed by atoms with Crippen molar-refractivity contribution < 1.29 is 9.90 Å². The summed E-state index contributed by atoms with van der Waals surface area (Å²) in [5.74, 6) is -1.03. The van der Waals surface area contributed by atoms with Crippen LogP contribution in [-0.2, 0) is 0 Å². The van der Waals surface area contributed by atoms with E-state index in [1.54, 1.807) is 11.3 Å². The van der Waals surface area contributed by atoms with Crippen molar-refractivity contribution in [3.8, 4) is 21.8 Å². The van der Waals surface area contributed by atoms with Crippen molar-refractivity contribution in [3.05, 3.63) is 71.1 Å². The highest BCUT2D eigenvalue weighted by molar-refractivity contribution is 7.14. The number of carboxylic acid groups (broad SMARTS) is 1. The largest absolute Gasteiger partial charge is 0.476 e. The summed E-state index contributed by atoms with van der Waals surface area (Å²) in [5.41, 5.74) is 3.96. The maximum absolute atomic E-state index is 10.9. The number of hydrogen-bond donors (Lipinski definition) is 2. The highest BCUT2D eigenvalue weighted by Crippen LogP contribution is 2.30. The molecule has 7 heteroatoms. The number of carbonyl (C=O) groups is 1. The summed E-state index contributed by atoms with van der Waals surface area (Å²) in [6.07, 6.45) is 0. The van der Waals surface area contributed by atoms with Gasteiger partial charge in [0.25, 0.3) is 0 Å². The number of carboxylic acids is 1. The molecule has 5 nitrogen and oxygen atoms in total. The lowest BCUT2D eigenvalue weighted by molar-refractivity contribution is 0.0691. The first-order valence-corrected chi connectivity index (χ1v) is 9.52. The molecular weight excluding hydrogens is 366 g/mol.